The van der Waals surface area contributed by atoms with Gasteiger partial charge in [-0.25, -0.2) is 4.98 Å². The summed E-state index contributed by atoms with van der Waals surface area (Å²) in [6.07, 6.45) is 3.78. The number of carbonyl (C=O) groups excluding carboxylic acids is 1. The van der Waals surface area contributed by atoms with Crippen LogP contribution in [0.1, 0.15) is 49.1 Å². The van der Waals surface area contributed by atoms with Crippen LogP contribution >= 0.6 is 0 Å². The Bertz CT molecular complexity index is 1340. The lowest BCUT2D eigenvalue weighted by Crippen LogP contribution is -2.48. The highest BCUT2D eigenvalue weighted by Crippen LogP contribution is 2.29. The first-order valence-corrected chi connectivity index (χ1v) is 13.6. The standard InChI is InChI=1S/C30H34F3N5O.CH2O2/c1-21(2)37-17-14-26(15-18-37)38(29(39)12-9-23-7-10-24(11-8-23)30(31,32)33)20-25-5-4-6-28(35-25)36-27-13-16-34-19-22(27)3;2-1-3/h4-13,16,19,21,26H,14-15,17-18,20H2,1-3H3,(H,34,35,36);1H,(H,2,3)/b12-9+;. The third-order valence-electron chi connectivity index (χ3n) is 7.03. The van der Waals surface area contributed by atoms with Crippen LogP contribution in [0.5, 0.6) is 0 Å². The Balaban J connectivity index is 0.00000155. The molecule has 0 atom stereocenters. The van der Waals surface area contributed by atoms with Crippen molar-refractivity contribution in [3.63, 3.8) is 0 Å². The monoisotopic (exact) mass is 583 g/mol. The van der Waals surface area contributed by atoms with Crippen molar-refractivity contribution in [1.82, 2.24) is 19.8 Å². The molecule has 1 aliphatic rings. The summed E-state index contributed by atoms with van der Waals surface area (Å²) in [4.78, 5) is 34.9. The number of rotatable bonds is 8. The van der Waals surface area contributed by atoms with Gasteiger partial charge in [0.15, 0.2) is 0 Å². The lowest BCUT2D eigenvalue weighted by Gasteiger charge is -2.39. The fourth-order valence-electron chi connectivity index (χ4n) is 4.71. The molecule has 0 aliphatic carbocycles. The average molecular weight is 584 g/mol. The largest absolute Gasteiger partial charge is 0.483 e. The van der Waals surface area contributed by atoms with Crippen LogP contribution in [0.3, 0.4) is 0 Å². The van der Waals surface area contributed by atoms with Crippen LogP contribution in [0.15, 0.2) is 67.0 Å². The zero-order valence-electron chi connectivity index (χ0n) is 23.9. The van der Waals surface area contributed by atoms with Gasteiger partial charge in [-0.2, -0.15) is 13.2 Å². The number of anilines is 2. The highest BCUT2D eigenvalue weighted by molar-refractivity contribution is 5.92. The van der Waals surface area contributed by atoms with E-state index in [2.05, 4.69) is 29.0 Å². The first kappa shape index (κ1) is 32.3. The zero-order chi connectivity index (χ0) is 30.7. The molecule has 1 fully saturated rings. The summed E-state index contributed by atoms with van der Waals surface area (Å²) >= 11 is 0. The van der Waals surface area contributed by atoms with Gasteiger partial charge >= 0.3 is 6.18 Å². The van der Waals surface area contributed by atoms with Crippen molar-refractivity contribution in [2.45, 2.75) is 58.4 Å². The van der Waals surface area contributed by atoms with Gasteiger partial charge in [-0.1, -0.05) is 18.2 Å². The highest BCUT2D eigenvalue weighted by atomic mass is 19.4. The van der Waals surface area contributed by atoms with Crippen molar-refractivity contribution in [3.05, 3.63) is 89.4 Å². The van der Waals surface area contributed by atoms with E-state index in [0.29, 0.717) is 24.0 Å². The molecule has 8 nitrogen and oxygen atoms in total. The molecule has 3 heterocycles. The van der Waals surface area contributed by atoms with Crippen molar-refractivity contribution in [2.24, 2.45) is 0 Å². The fraction of sp³-hybridized carbons (Fsp3) is 0.355. The number of nitrogens with zero attached hydrogens (tertiary/aromatic N) is 4. The number of aromatic nitrogens is 2. The van der Waals surface area contributed by atoms with E-state index in [4.69, 9.17) is 14.9 Å². The molecule has 42 heavy (non-hydrogen) atoms. The fourth-order valence-corrected chi connectivity index (χ4v) is 4.71. The number of halogens is 3. The normalized spacial score (nSPS) is 14.4. The van der Waals surface area contributed by atoms with Gasteiger partial charge in [-0.05, 0) is 81.1 Å². The summed E-state index contributed by atoms with van der Waals surface area (Å²) in [5, 5.41) is 10.2. The van der Waals surface area contributed by atoms with Crippen LogP contribution in [0.2, 0.25) is 0 Å². The number of alkyl halides is 3. The summed E-state index contributed by atoms with van der Waals surface area (Å²) < 4.78 is 38.7. The average Bonchev–Trinajstić information content (AvgIpc) is 2.96. The Labute approximate surface area is 243 Å². The van der Waals surface area contributed by atoms with Gasteiger partial charge in [-0.3, -0.25) is 14.6 Å². The van der Waals surface area contributed by atoms with Crippen molar-refractivity contribution >= 4 is 30.0 Å². The molecular formula is C31H36F3N5O3. The number of likely N-dealkylation sites (tertiary alicyclic amines) is 1. The Morgan fingerprint density at radius 3 is 2.40 bits per heavy atom. The van der Waals surface area contributed by atoms with Gasteiger partial charge in [0, 0.05) is 49.3 Å². The Kier molecular flexibility index (Phi) is 11.6. The first-order valence-electron chi connectivity index (χ1n) is 13.6. The lowest BCUT2D eigenvalue weighted by molar-refractivity contribution is -0.137. The predicted octanol–water partition coefficient (Wildman–Crippen LogP) is 6.16. The minimum absolute atomic E-state index is 0.0330. The summed E-state index contributed by atoms with van der Waals surface area (Å²) in [6, 6.07) is 12.8. The zero-order valence-corrected chi connectivity index (χ0v) is 23.9. The third-order valence-corrected chi connectivity index (χ3v) is 7.03. The second-order valence-electron chi connectivity index (χ2n) is 10.2. The van der Waals surface area contributed by atoms with E-state index in [1.807, 2.05) is 36.1 Å². The van der Waals surface area contributed by atoms with Crippen LogP contribution < -0.4 is 5.32 Å². The Morgan fingerprint density at radius 1 is 1.14 bits per heavy atom. The van der Waals surface area contributed by atoms with Gasteiger partial charge < -0.3 is 20.2 Å². The second-order valence-corrected chi connectivity index (χ2v) is 10.2. The number of hydrogen-bond donors (Lipinski definition) is 2. The number of carboxylic acid groups (broad SMARTS) is 1. The molecule has 1 saturated heterocycles. The summed E-state index contributed by atoms with van der Waals surface area (Å²) in [7, 11) is 0. The van der Waals surface area contributed by atoms with E-state index in [1.165, 1.54) is 18.2 Å². The SMILES string of the molecule is Cc1cnccc1Nc1cccc(CN(C(=O)/C=C/c2ccc(C(F)(F)F)cc2)C2CCN(C(C)C)CC2)n1.O=CO. The van der Waals surface area contributed by atoms with Crippen molar-refractivity contribution in [1.29, 1.82) is 0 Å². The molecule has 0 bridgehead atoms. The maximum atomic E-state index is 13.5. The number of benzene rings is 1. The number of amides is 1. The van der Waals surface area contributed by atoms with E-state index in [0.717, 1.165) is 55.0 Å². The summed E-state index contributed by atoms with van der Waals surface area (Å²) in [5.74, 6) is 0.479. The van der Waals surface area contributed by atoms with E-state index in [9.17, 15) is 18.0 Å². The van der Waals surface area contributed by atoms with Gasteiger partial charge in [-0.15, -0.1) is 0 Å². The molecule has 1 amide bonds. The molecule has 1 aliphatic heterocycles. The third kappa shape index (κ3) is 9.41. The minimum atomic E-state index is -4.40. The Morgan fingerprint density at radius 2 is 1.81 bits per heavy atom. The van der Waals surface area contributed by atoms with Crippen molar-refractivity contribution < 1.29 is 27.9 Å². The number of aryl methyl sites for hydroxylation is 1. The summed E-state index contributed by atoms with van der Waals surface area (Å²) in [6.45, 7) is 8.17. The number of pyridine rings is 2. The topological polar surface area (TPSA) is 98.7 Å². The minimum Gasteiger partial charge on any atom is -0.483 e. The van der Waals surface area contributed by atoms with Crippen LogP contribution in [-0.2, 0) is 22.3 Å². The maximum absolute atomic E-state index is 13.5. The van der Waals surface area contributed by atoms with E-state index in [1.54, 1.807) is 18.5 Å². The molecule has 0 unspecified atom stereocenters. The molecule has 0 spiro atoms. The molecule has 11 heteroatoms. The van der Waals surface area contributed by atoms with Crippen molar-refractivity contribution in [3.8, 4) is 0 Å². The quantitative estimate of drug-likeness (QED) is 0.242. The molecule has 1 aromatic carbocycles. The maximum Gasteiger partial charge on any atom is 0.416 e. The van der Waals surface area contributed by atoms with Crippen molar-refractivity contribution in [2.75, 3.05) is 18.4 Å². The molecule has 4 rings (SSSR count). The van der Waals surface area contributed by atoms with Gasteiger partial charge in [0.05, 0.1) is 17.8 Å². The number of hydrogen-bond acceptors (Lipinski definition) is 6. The van der Waals surface area contributed by atoms with Gasteiger partial charge in [0.2, 0.25) is 5.91 Å². The van der Waals surface area contributed by atoms with Crippen LogP contribution in [0, 0.1) is 6.92 Å². The molecule has 3 aromatic rings. The molecular weight excluding hydrogens is 547 g/mol. The first-order chi connectivity index (χ1) is 20.0. The Hall–Kier alpha value is -4.25. The van der Waals surface area contributed by atoms with Crippen LogP contribution in [0.25, 0.3) is 6.08 Å². The van der Waals surface area contributed by atoms with Crippen LogP contribution in [-0.4, -0.2) is 62.4 Å². The lowest BCUT2D eigenvalue weighted by atomic mass is 10.0. The van der Waals surface area contributed by atoms with Crippen LogP contribution in [0.4, 0.5) is 24.7 Å². The number of nitrogens with one attached hydrogen (secondary N) is 1. The highest BCUT2D eigenvalue weighted by Gasteiger charge is 2.30. The van der Waals surface area contributed by atoms with E-state index in [-0.39, 0.29) is 18.4 Å². The molecule has 0 radical (unpaired) electrons. The summed E-state index contributed by atoms with van der Waals surface area (Å²) in [5.41, 5.74) is 2.46. The van der Waals surface area contributed by atoms with E-state index >= 15 is 0 Å². The van der Waals surface area contributed by atoms with Gasteiger partial charge in [0.1, 0.15) is 5.82 Å². The second kappa shape index (κ2) is 15.1. The predicted molar refractivity (Wildman–Crippen MR) is 156 cm³/mol. The molecule has 2 aromatic heterocycles. The van der Waals surface area contributed by atoms with Gasteiger partial charge in [0.25, 0.3) is 6.47 Å². The number of piperidine rings is 1. The number of carbonyl (C=O) groups is 2. The molecule has 224 valence electrons. The molecule has 2 N–H and O–H groups in total. The van der Waals surface area contributed by atoms with E-state index < -0.39 is 11.7 Å². The molecule has 0 saturated carbocycles. The smallest absolute Gasteiger partial charge is 0.416 e.